The Balaban J connectivity index is 2.01. The van der Waals surface area contributed by atoms with Crippen molar-refractivity contribution in [2.24, 2.45) is 11.8 Å². The number of amides is 1. The summed E-state index contributed by atoms with van der Waals surface area (Å²) in [4.78, 5) is 36.9. The average Bonchev–Trinajstić information content (AvgIpc) is 2.52. The van der Waals surface area contributed by atoms with Crippen LogP contribution >= 0.6 is 0 Å². The summed E-state index contributed by atoms with van der Waals surface area (Å²) < 4.78 is 5.17. The second-order valence-corrected chi connectivity index (χ2v) is 6.58. The Morgan fingerprint density at radius 2 is 1.92 bits per heavy atom. The van der Waals surface area contributed by atoms with E-state index in [1.807, 2.05) is 0 Å². The molecule has 126 valence electrons. The van der Waals surface area contributed by atoms with Gasteiger partial charge in [0.15, 0.2) is 0 Å². The fraction of sp³-hybridized carbons (Fsp3) is 0.412. The number of carbonyl (C=O) groups excluding carboxylic acids is 1. The van der Waals surface area contributed by atoms with Crippen molar-refractivity contribution in [2.45, 2.75) is 20.3 Å². The normalized spacial score (nSPS) is 21.0. The summed E-state index contributed by atoms with van der Waals surface area (Å²) in [5, 5.41) is 11.3. The number of hydrogen-bond acceptors (Lipinski definition) is 5. The Labute approximate surface area is 138 Å². The van der Waals surface area contributed by atoms with E-state index in [-0.39, 0.29) is 22.7 Å². The summed E-state index contributed by atoms with van der Waals surface area (Å²) >= 11 is 0. The van der Waals surface area contributed by atoms with Gasteiger partial charge in [0.1, 0.15) is 11.1 Å². The van der Waals surface area contributed by atoms with Gasteiger partial charge in [-0.2, -0.15) is 0 Å². The fourth-order valence-electron chi connectivity index (χ4n) is 3.37. The van der Waals surface area contributed by atoms with E-state index >= 15 is 0 Å². The molecule has 1 amide bonds. The Morgan fingerprint density at radius 1 is 1.25 bits per heavy atom. The van der Waals surface area contributed by atoms with Crippen LogP contribution in [0.25, 0.3) is 11.0 Å². The number of nitrogens with zero attached hydrogens (tertiary/aromatic N) is 2. The van der Waals surface area contributed by atoms with Gasteiger partial charge >= 0.3 is 5.63 Å². The number of non-ortho nitro benzene ring substituents is 1. The van der Waals surface area contributed by atoms with Gasteiger partial charge in [0.25, 0.3) is 11.6 Å². The highest BCUT2D eigenvalue weighted by Gasteiger charge is 2.28. The number of fused-ring (bicyclic) bond motifs is 1. The second-order valence-electron chi connectivity index (χ2n) is 6.58. The molecule has 1 aromatic carbocycles. The summed E-state index contributed by atoms with van der Waals surface area (Å²) in [7, 11) is 0. The Bertz CT molecular complexity index is 863. The van der Waals surface area contributed by atoms with Crippen LogP contribution in [0.5, 0.6) is 0 Å². The number of likely N-dealkylation sites (tertiary alicyclic amines) is 1. The van der Waals surface area contributed by atoms with Crippen molar-refractivity contribution < 1.29 is 14.1 Å². The van der Waals surface area contributed by atoms with Crippen LogP contribution in [0.1, 0.15) is 30.6 Å². The molecule has 1 aliphatic heterocycles. The first-order valence-corrected chi connectivity index (χ1v) is 7.86. The molecule has 3 rings (SSSR count). The standard InChI is InChI=1S/C17H18N2O5/c1-10-5-11(2)9-18(8-10)16(20)14-7-12-6-13(19(22)23)3-4-15(12)24-17(14)21/h3-4,6-7,10-11H,5,8-9H2,1-2H3/t10-,11-/m0/s1. The third-order valence-electron chi connectivity index (χ3n) is 4.31. The molecule has 2 atom stereocenters. The minimum Gasteiger partial charge on any atom is -0.422 e. The van der Waals surface area contributed by atoms with Crippen molar-refractivity contribution in [1.82, 2.24) is 4.90 Å². The lowest BCUT2D eigenvalue weighted by Gasteiger charge is -2.34. The zero-order chi connectivity index (χ0) is 17.4. The fourth-order valence-corrected chi connectivity index (χ4v) is 3.37. The van der Waals surface area contributed by atoms with Crippen LogP contribution < -0.4 is 5.63 Å². The summed E-state index contributed by atoms with van der Waals surface area (Å²) in [6.07, 6.45) is 1.04. The molecule has 24 heavy (non-hydrogen) atoms. The molecule has 1 aromatic heterocycles. The summed E-state index contributed by atoms with van der Waals surface area (Å²) in [6.45, 7) is 5.33. The number of nitro groups is 1. The van der Waals surface area contributed by atoms with E-state index in [2.05, 4.69) is 13.8 Å². The highest BCUT2D eigenvalue weighted by Crippen LogP contribution is 2.24. The van der Waals surface area contributed by atoms with Gasteiger partial charge in [0.05, 0.1) is 4.92 Å². The van der Waals surface area contributed by atoms with Gasteiger partial charge in [0.2, 0.25) is 0 Å². The van der Waals surface area contributed by atoms with Gasteiger partial charge in [-0.1, -0.05) is 13.8 Å². The largest absolute Gasteiger partial charge is 0.422 e. The molecular formula is C17H18N2O5. The zero-order valence-corrected chi connectivity index (χ0v) is 13.5. The molecule has 0 unspecified atom stereocenters. The predicted octanol–water partition coefficient (Wildman–Crippen LogP) is 2.82. The number of rotatable bonds is 2. The highest BCUT2D eigenvalue weighted by molar-refractivity contribution is 5.97. The van der Waals surface area contributed by atoms with E-state index in [4.69, 9.17) is 4.42 Å². The first kappa shape index (κ1) is 16.2. The van der Waals surface area contributed by atoms with Crippen LogP contribution in [0.15, 0.2) is 33.5 Å². The topological polar surface area (TPSA) is 93.7 Å². The van der Waals surface area contributed by atoms with Gasteiger partial charge in [-0.25, -0.2) is 4.79 Å². The first-order chi connectivity index (χ1) is 11.3. The molecule has 0 bridgehead atoms. The maximum atomic E-state index is 12.7. The Hall–Kier alpha value is -2.70. The van der Waals surface area contributed by atoms with Crippen molar-refractivity contribution >= 4 is 22.6 Å². The van der Waals surface area contributed by atoms with Crippen LogP contribution in [0.4, 0.5) is 5.69 Å². The van der Waals surface area contributed by atoms with Crippen LogP contribution in [-0.2, 0) is 0 Å². The minimum atomic E-state index is -0.716. The van der Waals surface area contributed by atoms with Gasteiger partial charge in [-0.05, 0) is 30.4 Å². The van der Waals surface area contributed by atoms with Crippen molar-refractivity contribution in [3.8, 4) is 0 Å². The van der Waals surface area contributed by atoms with Gasteiger partial charge < -0.3 is 9.32 Å². The monoisotopic (exact) mass is 330 g/mol. The molecule has 7 heteroatoms. The SMILES string of the molecule is C[C@H]1C[C@H](C)CN(C(=O)c2cc3cc([N+](=O)[O-])ccc3oc2=O)C1. The number of nitro benzene ring substituents is 1. The molecule has 0 N–H and O–H groups in total. The van der Waals surface area contributed by atoms with Crippen molar-refractivity contribution in [3.05, 3.63) is 50.4 Å². The van der Waals surface area contributed by atoms with Crippen LogP contribution in [0.3, 0.4) is 0 Å². The molecule has 1 fully saturated rings. The molecule has 0 spiro atoms. The van der Waals surface area contributed by atoms with Crippen LogP contribution in [0, 0.1) is 22.0 Å². The second kappa shape index (κ2) is 6.07. The quantitative estimate of drug-likeness (QED) is 0.479. The zero-order valence-electron chi connectivity index (χ0n) is 13.5. The third-order valence-corrected chi connectivity index (χ3v) is 4.31. The lowest BCUT2D eigenvalue weighted by atomic mass is 9.91. The van der Waals surface area contributed by atoms with E-state index in [9.17, 15) is 19.7 Å². The number of benzene rings is 1. The van der Waals surface area contributed by atoms with E-state index < -0.39 is 10.5 Å². The molecule has 0 aliphatic carbocycles. The summed E-state index contributed by atoms with van der Waals surface area (Å²) in [5.41, 5.74) is -0.686. The predicted molar refractivity (Wildman–Crippen MR) is 88.0 cm³/mol. The van der Waals surface area contributed by atoms with E-state index in [0.717, 1.165) is 6.42 Å². The Kier molecular flexibility index (Phi) is 4.09. The minimum absolute atomic E-state index is 0.0794. The lowest BCUT2D eigenvalue weighted by Crippen LogP contribution is -2.43. The van der Waals surface area contributed by atoms with Crippen molar-refractivity contribution in [2.75, 3.05) is 13.1 Å². The molecule has 1 saturated heterocycles. The molecule has 0 radical (unpaired) electrons. The molecule has 2 aromatic rings. The molecule has 2 heterocycles. The average molecular weight is 330 g/mol. The van der Waals surface area contributed by atoms with Gasteiger partial charge in [0, 0.05) is 30.6 Å². The van der Waals surface area contributed by atoms with Crippen LogP contribution in [0.2, 0.25) is 0 Å². The Morgan fingerprint density at radius 3 is 2.54 bits per heavy atom. The maximum absolute atomic E-state index is 12.7. The van der Waals surface area contributed by atoms with Gasteiger partial charge in [-0.15, -0.1) is 0 Å². The molecule has 1 aliphatic rings. The smallest absolute Gasteiger partial charge is 0.349 e. The molecule has 7 nitrogen and oxygen atoms in total. The van der Waals surface area contributed by atoms with Crippen molar-refractivity contribution in [1.29, 1.82) is 0 Å². The van der Waals surface area contributed by atoms with E-state index in [0.29, 0.717) is 30.3 Å². The number of hydrogen-bond donors (Lipinski definition) is 0. The summed E-state index contributed by atoms with van der Waals surface area (Å²) in [6, 6.07) is 5.33. The number of carbonyl (C=O) groups is 1. The molecule has 0 saturated carbocycles. The lowest BCUT2D eigenvalue weighted by molar-refractivity contribution is -0.384. The highest BCUT2D eigenvalue weighted by atomic mass is 16.6. The van der Waals surface area contributed by atoms with Gasteiger partial charge in [-0.3, -0.25) is 14.9 Å². The maximum Gasteiger partial charge on any atom is 0.349 e. The number of piperidine rings is 1. The van der Waals surface area contributed by atoms with E-state index in [1.54, 1.807) is 4.90 Å². The molecular weight excluding hydrogens is 312 g/mol. The third kappa shape index (κ3) is 3.02. The first-order valence-electron chi connectivity index (χ1n) is 7.86. The van der Waals surface area contributed by atoms with E-state index in [1.165, 1.54) is 24.3 Å². The van der Waals surface area contributed by atoms with Crippen LogP contribution in [-0.4, -0.2) is 28.8 Å². The van der Waals surface area contributed by atoms with Crippen molar-refractivity contribution in [3.63, 3.8) is 0 Å². The summed E-state index contributed by atoms with van der Waals surface area (Å²) in [5.74, 6) is 0.355.